The molecule has 1 aromatic heterocycles. The largest absolute Gasteiger partial charge is 0.495 e. The summed E-state index contributed by atoms with van der Waals surface area (Å²) in [5, 5.41) is 4.29. The predicted molar refractivity (Wildman–Crippen MR) is 127 cm³/mol. The van der Waals surface area contributed by atoms with E-state index in [4.69, 9.17) is 14.3 Å². The lowest BCUT2D eigenvalue weighted by molar-refractivity contribution is -0.145. The van der Waals surface area contributed by atoms with Crippen LogP contribution < -0.4 is 4.74 Å². The van der Waals surface area contributed by atoms with Crippen LogP contribution in [0.1, 0.15) is 29.7 Å². The Morgan fingerprint density at radius 2 is 1.92 bits per heavy atom. The zero-order valence-electron chi connectivity index (χ0n) is 20.1. The summed E-state index contributed by atoms with van der Waals surface area (Å²) < 4.78 is 54.8. The lowest BCUT2D eigenvalue weighted by Gasteiger charge is -2.39. The first-order valence-electron chi connectivity index (χ1n) is 11.4. The van der Waals surface area contributed by atoms with E-state index in [9.17, 15) is 13.2 Å². The van der Waals surface area contributed by atoms with Gasteiger partial charge in [-0.25, -0.2) is 18.2 Å². The highest BCUT2D eigenvalue weighted by Gasteiger charge is 2.50. The third kappa shape index (κ3) is 4.01. The number of amidine groups is 1. The second kappa shape index (κ2) is 9.34. The highest BCUT2D eigenvalue weighted by atomic mass is 19.2. The molecule has 0 spiro atoms. The molecule has 0 amide bonds. The van der Waals surface area contributed by atoms with Gasteiger partial charge in [0.25, 0.3) is 5.72 Å². The average Bonchev–Trinajstić information content (AvgIpc) is 3.47. The fourth-order valence-corrected chi connectivity index (χ4v) is 4.71. The van der Waals surface area contributed by atoms with Crippen molar-refractivity contribution in [3.63, 3.8) is 0 Å². The van der Waals surface area contributed by atoms with Crippen molar-refractivity contribution >= 4 is 11.9 Å². The predicted octanol–water partition coefficient (Wildman–Crippen LogP) is 4.93. The zero-order valence-corrected chi connectivity index (χ0v) is 20.1. The van der Waals surface area contributed by atoms with Crippen LogP contribution >= 0.6 is 0 Å². The minimum absolute atomic E-state index is 0.0648. The number of nitrogens with zero attached hydrogens (tertiary/aromatic N) is 4. The van der Waals surface area contributed by atoms with Crippen LogP contribution in [0.25, 0.3) is 11.8 Å². The number of benzene rings is 2. The molecule has 2 aliphatic rings. The summed E-state index contributed by atoms with van der Waals surface area (Å²) in [6, 6.07) is 7.67. The van der Waals surface area contributed by atoms with Crippen molar-refractivity contribution in [3.8, 4) is 11.4 Å². The number of methoxy groups -OCH3 is 2. The summed E-state index contributed by atoms with van der Waals surface area (Å²) in [5.41, 5.74) is 2.18. The van der Waals surface area contributed by atoms with Gasteiger partial charge in [0, 0.05) is 25.4 Å². The molecule has 0 N–H and O–H groups in total. The number of hydrogen-bond donors (Lipinski definition) is 0. The monoisotopic (exact) mass is 498 g/mol. The maximum Gasteiger partial charge on any atom is 0.260 e. The van der Waals surface area contributed by atoms with Crippen molar-refractivity contribution < 1.29 is 27.5 Å². The molecule has 0 saturated carbocycles. The van der Waals surface area contributed by atoms with Gasteiger partial charge in [-0.3, -0.25) is 0 Å². The van der Waals surface area contributed by atoms with Crippen LogP contribution in [0, 0.1) is 24.4 Å². The molecule has 0 aliphatic carbocycles. The van der Waals surface area contributed by atoms with Crippen LogP contribution in [-0.4, -0.2) is 47.7 Å². The second-order valence-electron chi connectivity index (χ2n) is 8.76. The van der Waals surface area contributed by atoms with E-state index in [0.717, 1.165) is 47.5 Å². The molecular formula is C26H25F3N4O3. The molecule has 1 fully saturated rings. The van der Waals surface area contributed by atoms with Crippen molar-refractivity contribution in [1.82, 2.24) is 14.5 Å². The van der Waals surface area contributed by atoms with Crippen molar-refractivity contribution in [2.45, 2.75) is 25.5 Å². The highest BCUT2D eigenvalue weighted by Crippen LogP contribution is 2.41. The van der Waals surface area contributed by atoms with Crippen LogP contribution in [0.4, 0.5) is 13.2 Å². The fraction of sp³-hybridized carbons (Fsp3) is 0.308. The number of halogens is 3. The quantitative estimate of drug-likeness (QED) is 0.451. The summed E-state index contributed by atoms with van der Waals surface area (Å²) in [7, 11) is 3.06. The summed E-state index contributed by atoms with van der Waals surface area (Å²) >= 11 is 0. The van der Waals surface area contributed by atoms with Crippen molar-refractivity contribution in [1.29, 1.82) is 0 Å². The molecule has 1 saturated heterocycles. The summed E-state index contributed by atoms with van der Waals surface area (Å²) in [5.74, 6) is -2.93. The number of imidazole rings is 1. The zero-order chi connectivity index (χ0) is 25.4. The first kappa shape index (κ1) is 23.9. The maximum atomic E-state index is 14.1. The van der Waals surface area contributed by atoms with Crippen LogP contribution in [0.3, 0.4) is 0 Å². The van der Waals surface area contributed by atoms with Crippen molar-refractivity contribution in [2.75, 3.05) is 27.4 Å². The van der Waals surface area contributed by atoms with E-state index < -0.39 is 23.2 Å². The Balaban J connectivity index is 1.50. The number of aryl methyl sites for hydroxylation is 1. The van der Waals surface area contributed by atoms with Gasteiger partial charge in [0.2, 0.25) is 0 Å². The molecule has 3 aromatic rings. The van der Waals surface area contributed by atoms with Gasteiger partial charge < -0.3 is 23.8 Å². The Kier molecular flexibility index (Phi) is 6.21. The number of aromatic nitrogens is 2. The minimum atomic E-state index is -1.53. The molecule has 0 bridgehead atoms. The molecule has 2 aliphatic heterocycles. The number of rotatable bonds is 6. The third-order valence-corrected chi connectivity index (χ3v) is 6.40. The van der Waals surface area contributed by atoms with Crippen molar-refractivity contribution in [3.05, 3.63) is 82.7 Å². The van der Waals surface area contributed by atoms with E-state index >= 15 is 0 Å². The van der Waals surface area contributed by atoms with Gasteiger partial charge in [0.15, 0.2) is 23.3 Å². The average molecular weight is 499 g/mol. The number of fused-ring (bicyclic) bond motifs is 1. The minimum Gasteiger partial charge on any atom is -0.495 e. The fourth-order valence-electron chi connectivity index (χ4n) is 4.71. The Hall–Kier alpha value is -3.79. The molecule has 36 heavy (non-hydrogen) atoms. The van der Waals surface area contributed by atoms with Gasteiger partial charge in [-0.15, -0.1) is 0 Å². The van der Waals surface area contributed by atoms with E-state index in [0.29, 0.717) is 18.1 Å². The molecule has 3 heterocycles. The molecule has 7 nitrogen and oxygen atoms in total. The Morgan fingerprint density at radius 3 is 2.58 bits per heavy atom. The van der Waals surface area contributed by atoms with Crippen LogP contribution in [0.15, 0.2) is 53.6 Å². The molecule has 2 aromatic carbocycles. The SMILES string of the molecule is COCC1(c2cc(F)c(F)c(F)c2)ON=C2C(=Cc3ccc(-n4cnc(C)c4)c(OC)c3)CCCN21. The molecule has 1 unspecified atom stereocenters. The standard InChI is InChI=1S/C26H25F3N4O3/c1-16-13-32(15-30-16)22-7-6-17(10-23(22)35-3)9-18-5-4-8-33-25(18)31-36-26(33,14-34-2)19-11-20(27)24(29)21(28)12-19/h6-7,9-13,15H,4-5,8,14H2,1-3H3. The van der Waals surface area contributed by atoms with E-state index in [1.54, 1.807) is 13.4 Å². The van der Waals surface area contributed by atoms with Crippen LogP contribution in [-0.2, 0) is 15.3 Å². The summed E-state index contributed by atoms with van der Waals surface area (Å²) in [6.07, 6.45) is 7.09. The van der Waals surface area contributed by atoms with E-state index in [1.807, 2.05) is 46.9 Å². The summed E-state index contributed by atoms with van der Waals surface area (Å²) in [6.45, 7) is 2.37. The lowest BCUT2D eigenvalue weighted by atomic mass is 9.94. The van der Waals surface area contributed by atoms with E-state index in [-0.39, 0.29) is 12.2 Å². The van der Waals surface area contributed by atoms with Gasteiger partial charge in [-0.05, 0) is 61.2 Å². The molecule has 0 radical (unpaired) electrons. The van der Waals surface area contributed by atoms with Gasteiger partial charge in [-0.2, -0.15) is 0 Å². The van der Waals surface area contributed by atoms with Gasteiger partial charge in [-0.1, -0.05) is 11.2 Å². The van der Waals surface area contributed by atoms with E-state index in [2.05, 4.69) is 10.1 Å². The maximum absolute atomic E-state index is 14.1. The number of ether oxygens (including phenoxy) is 2. The Bertz CT molecular complexity index is 1350. The lowest BCUT2D eigenvalue weighted by Crippen LogP contribution is -2.51. The van der Waals surface area contributed by atoms with Gasteiger partial charge in [0.05, 0.1) is 24.8 Å². The van der Waals surface area contributed by atoms with Gasteiger partial charge >= 0.3 is 0 Å². The first-order chi connectivity index (χ1) is 17.4. The number of oxime groups is 1. The molecule has 188 valence electrons. The van der Waals surface area contributed by atoms with E-state index in [1.165, 1.54) is 7.11 Å². The number of piperidine rings is 1. The van der Waals surface area contributed by atoms with Crippen molar-refractivity contribution in [2.24, 2.45) is 5.16 Å². The number of hydrogen-bond acceptors (Lipinski definition) is 6. The highest BCUT2D eigenvalue weighted by molar-refractivity contribution is 6.03. The topological polar surface area (TPSA) is 61.1 Å². The first-order valence-corrected chi connectivity index (χ1v) is 11.4. The smallest absolute Gasteiger partial charge is 0.260 e. The normalized spacial score (nSPS) is 20.3. The molecule has 1 atom stereocenters. The summed E-state index contributed by atoms with van der Waals surface area (Å²) in [4.78, 5) is 11.9. The molecule has 5 rings (SSSR count). The van der Waals surface area contributed by atoms with Crippen LogP contribution in [0.2, 0.25) is 0 Å². The van der Waals surface area contributed by atoms with Gasteiger partial charge in [0.1, 0.15) is 12.4 Å². The molecule has 10 heteroatoms. The third-order valence-electron chi connectivity index (χ3n) is 6.40. The Morgan fingerprint density at radius 1 is 1.14 bits per heavy atom. The molecular weight excluding hydrogens is 473 g/mol. The second-order valence-corrected chi connectivity index (χ2v) is 8.76. The van der Waals surface area contributed by atoms with Crippen LogP contribution in [0.5, 0.6) is 5.75 Å². The Labute approximate surface area is 206 Å².